The number of rotatable bonds is 9. The van der Waals surface area contributed by atoms with Crippen LogP contribution in [-0.2, 0) is 26.9 Å². The molecule has 2 aliphatic rings. The van der Waals surface area contributed by atoms with E-state index in [1.807, 2.05) is 41.5 Å². The number of aromatic nitrogens is 1. The van der Waals surface area contributed by atoms with Crippen LogP contribution in [0.3, 0.4) is 0 Å². The number of ether oxygens (including phenoxy) is 2. The van der Waals surface area contributed by atoms with Crippen molar-refractivity contribution in [2.75, 3.05) is 33.3 Å². The molecule has 44 heavy (non-hydrogen) atoms. The van der Waals surface area contributed by atoms with E-state index in [0.29, 0.717) is 43.2 Å². The van der Waals surface area contributed by atoms with Crippen LogP contribution >= 0.6 is 0 Å². The second-order valence-electron chi connectivity index (χ2n) is 14.7. The largest absolute Gasteiger partial charge is 0.480 e. The van der Waals surface area contributed by atoms with Gasteiger partial charge in [-0.1, -0.05) is 20.8 Å². The van der Waals surface area contributed by atoms with Crippen LogP contribution in [0.4, 0.5) is 4.79 Å². The fourth-order valence-electron chi connectivity index (χ4n) is 4.92. The van der Waals surface area contributed by atoms with Gasteiger partial charge in [0.2, 0.25) is 5.90 Å². The SMILES string of the molecule is COC(=N)/C(CN1CC(O[Si](C)(C)C(C)(C)C)C1)=N\C(C)[C@@H](C)NC(=O)c1cc(C)c2c(n1)CN(C(=O)OC(C)(C)C)CC2. The van der Waals surface area contributed by atoms with Gasteiger partial charge in [-0.2, -0.15) is 0 Å². The number of hydrogen-bond acceptors (Lipinski definition) is 9. The Morgan fingerprint density at radius 3 is 2.39 bits per heavy atom. The lowest BCUT2D eigenvalue weighted by molar-refractivity contribution is 0.0211. The molecule has 0 spiro atoms. The van der Waals surface area contributed by atoms with Crippen molar-refractivity contribution in [2.45, 2.75) is 117 Å². The van der Waals surface area contributed by atoms with Gasteiger partial charge in [0.15, 0.2) is 8.32 Å². The maximum atomic E-state index is 13.3. The van der Waals surface area contributed by atoms with Gasteiger partial charge >= 0.3 is 6.09 Å². The third-order valence-corrected chi connectivity index (χ3v) is 13.3. The van der Waals surface area contributed by atoms with Crippen LogP contribution in [0.15, 0.2) is 11.1 Å². The normalized spacial score (nSPS) is 18.2. The van der Waals surface area contributed by atoms with E-state index in [1.165, 1.54) is 7.11 Å². The molecule has 0 aliphatic carbocycles. The van der Waals surface area contributed by atoms with Crippen molar-refractivity contribution in [1.82, 2.24) is 20.1 Å². The number of amides is 2. The molecule has 0 aromatic carbocycles. The summed E-state index contributed by atoms with van der Waals surface area (Å²) in [6.45, 7) is 25.4. The molecule has 2 N–H and O–H groups in total. The number of methoxy groups -OCH3 is 1. The average Bonchev–Trinajstić information content (AvgIpc) is 2.88. The minimum absolute atomic E-state index is 0.0191. The minimum atomic E-state index is -1.84. The molecule has 1 fully saturated rings. The van der Waals surface area contributed by atoms with Gasteiger partial charge in [0.1, 0.15) is 17.0 Å². The van der Waals surface area contributed by atoms with E-state index in [9.17, 15) is 9.59 Å². The van der Waals surface area contributed by atoms with E-state index in [2.05, 4.69) is 49.1 Å². The summed E-state index contributed by atoms with van der Waals surface area (Å²) in [5.41, 5.74) is 3.01. The molecule has 11 nitrogen and oxygen atoms in total. The molecule has 3 rings (SSSR count). The van der Waals surface area contributed by atoms with Crippen molar-refractivity contribution in [1.29, 1.82) is 5.41 Å². The van der Waals surface area contributed by atoms with Gasteiger partial charge in [-0.05, 0) is 83.3 Å². The van der Waals surface area contributed by atoms with Crippen molar-refractivity contribution in [3.63, 3.8) is 0 Å². The third kappa shape index (κ3) is 9.10. The summed E-state index contributed by atoms with van der Waals surface area (Å²) < 4.78 is 17.3. The molecule has 0 radical (unpaired) electrons. The van der Waals surface area contributed by atoms with Crippen LogP contribution in [0.2, 0.25) is 18.1 Å². The van der Waals surface area contributed by atoms with E-state index >= 15 is 0 Å². The number of pyridine rings is 1. The maximum absolute atomic E-state index is 13.3. The highest BCUT2D eigenvalue weighted by Crippen LogP contribution is 2.38. The van der Waals surface area contributed by atoms with Crippen molar-refractivity contribution < 1.29 is 23.5 Å². The number of nitrogens with one attached hydrogen (secondary N) is 2. The van der Waals surface area contributed by atoms with Crippen LogP contribution < -0.4 is 5.32 Å². The van der Waals surface area contributed by atoms with E-state index < -0.39 is 13.9 Å². The fourth-order valence-corrected chi connectivity index (χ4v) is 6.26. The summed E-state index contributed by atoms with van der Waals surface area (Å²) in [6.07, 6.45) is 0.464. The first-order chi connectivity index (χ1) is 20.2. The van der Waals surface area contributed by atoms with E-state index in [1.54, 1.807) is 11.0 Å². The van der Waals surface area contributed by atoms with E-state index in [-0.39, 0.29) is 41.1 Å². The lowest BCUT2D eigenvalue weighted by atomic mass is 9.99. The Morgan fingerprint density at radius 1 is 1.18 bits per heavy atom. The lowest BCUT2D eigenvalue weighted by Gasteiger charge is -2.46. The van der Waals surface area contributed by atoms with Crippen molar-refractivity contribution in [3.05, 3.63) is 28.6 Å². The summed E-state index contributed by atoms with van der Waals surface area (Å²) in [4.78, 5) is 39.3. The number of nitrogens with zero attached hydrogens (tertiary/aromatic N) is 4. The predicted molar refractivity (Wildman–Crippen MR) is 176 cm³/mol. The van der Waals surface area contributed by atoms with E-state index in [0.717, 1.165) is 24.2 Å². The Morgan fingerprint density at radius 2 is 1.82 bits per heavy atom. The van der Waals surface area contributed by atoms with Gasteiger partial charge in [-0.15, -0.1) is 0 Å². The first-order valence-electron chi connectivity index (χ1n) is 15.6. The average molecular weight is 631 g/mol. The smallest absolute Gasteiger partial charge is 0.410 e. The molecule has 3 heterocycles. The molecule has 246 valence electrons. The van der Waals surface area contributed by atoms with Crippen LogP contribution in [0.1, 0.15) is 82.7 Å². The molecule has 1 unspecified atom stereocenters. The zero-order valence-electron chi connectivity index (χ0n) is 28.9. The number of hydrogen-bond donors (Lipinski definition) is 2. The summed E-state index contributed by atoms with van der Waals surface area (Å²) in [5.74, 6) is -0.290. The minimum Gasteiger partial charge on any atom is -0.480 e. The number of carbonyl (C=O) groups is 2. The first-order valence-corrected chi connectivity index (χ1v) is 18.5. The standard InChI is InChI=1S/C32H54N6O5Si/c1-20-15-25(36-26-19-38(14-13-24(20)26)30(40)42-31(4,5)6)29(39)35-22(3)21(2)34-27(28(33)41-10)18-37-16-23(17-37)43-44(11,12)32(7,8)9/h15,21-23,33H,13-14,16-19H2,1-12H3,(H,35,39)/b33-28?,34-27-/t21?,22-/m1/s1. The number of carbonyl (C=O) groups excluding carboxylic acids is 2. The molecule has 0 bridgehead atoms. The molecule has 0 saturated carbocycles. The van der Waals surface area contributed by atoms with Crippen LogP contribution in [0.25, 0.3) is 0 Å². The number of aryl methyl sites for hydroxylation is 1. The fraction of sp³-hybridized carbons (Fsp3) is 0.719. The highest BCUT2D eigenvalue weighted by molar-refractivity contribution is 6.74. The zero-order chi connectivity index (χ0) is 33.2. The number of aliphatic imine (C=N–C) groups is 1. The van der Waals surface area contributed by atoms with Gasteiger partial charge in [-0.3, -0.25) is 20.1 Å². The van der Waals surface area contributed by atoms with Gasteiger partial charge in [0.25, 0.3) is 5.91 Å². The highest BCUT2D eigenvalue weighted by atomic mass is 28.4. The summed E-state index contributed by atoms with van der Waals surface area (Å²) in [6, 6.07) is 1.16. The Balaban J connectivity index is 1.64. The lowest BCUT2D eigenvalue weighted by Crippen LogP contribution is -2.59. The van der Waals surface area contributed by atoms with Gasteiger partial charge in [0.05, 0.1) is 31.5 Å². The Kier molecular flexibility index (Phi) is 11.1. The van der Waals surface area contributed by atoms with Gasteiger partial charge < -0.3 is 24.1 Å². The zero-order valence-corrected chi connectivity index (χ0v) is 29.9. The predicted octanol–water partition coefficient (Wildman–Crippen LogP) is 4.96. The summed E-state index contributed by atoms with van der Waals surface area (Å²) in [5, 5.41) is 11.5. The molecular formula is C32H54N6O5Si. The summed E-state index contributed by atoms with van der Waals surface area (Å²) >= 11 is 0. The molecule has 2 atom stereocenters. The van der Waals surface area contributed by atoms with Crippen LogP contribution in [0.5, 0.6) is 0 Å². The second-order valence-corrected chi connectivity index (χ2v) is 19.5. The van der Waals surface area contributed by atoms with Gasteiger partial charge in [-0.25, -0.2) is 9.78 Å². The number of likely N-dealkylation sites (tertiary alicyclic amines) is 1. The Labute approximate surface area is 264 Å². The summed E-state index contributed by atoms with van der Waals surface area (Å²) in [7, 11) is -0.369. The molecular weight excluding hydrogens is 576 g/mol. The molecule has 1 aromatic rings. The Bertz CT molecular complexity index is 1260. The first kappa shape index (κ1) is 35.6. The molecule has 2 amide bonds. The molecule has 1 saturated heterocycles. The quantitative estimate of drug-likeness (QED) is 0.224. The monoisotopic (exact) mass is 630 g/mol. The topological polar surface area (TPSA) is 129 Å². The molecule has 12 heteroatoms. The van der Waals surface area contributed by atoms with Crippen molar-refractivity contribution in [2.24, 2.45) is 4.99 Å². The molecule has 1 aromatic heterocycles. The van der Waals surface area contributed by atoms with Crippen molar-refractivity contribution in [3.8, 4) is 0 Å². The Hall–Kier alpha value is -2.83. The second kappa shape index (κ2) is 13.7. The maximum Gasteiger partial charge on any atom is 0.410 e. The van der Waals surface area contributed by atoms with E-state index in [4.69, 9.17) is 24.3 Å². The highest BCUT2D eigenvalue weighted by Gasteiger charge is 2.42. The van der Waals surface area contributed by atoms with Crippen LogP contribution in [0, 0.1) is 12.3 Å². The third-order valence-electron chi connectivity index (χ3n) is 8.76. The molecule has 2 aliphatic heterocycles. The van der Waals surface area contributed by atoms with Crippen LogP contribution in [-0.4, -0.2) is 104 Å². The van der Waals surface area contributed by atoms with Crippen molar-refractivity contribution >= 4 is 31.9 Å². The van der Waals surface area contributed by atoms with Gasteiger partial charge in [0, 0.05) is 32.2 Å². The number of fused-ring (bicyclic) bond motifs is 1.